The first-order valence-corrected chi connectivity index (χ1v) is 9.04. The first-order chi connectivity index (χ1) is 11.6. The summed E-state index contributed by atoms with van der Waals surface area (Å²) in [5.41, 5.74) is 0. The molecule has 4 rings (SSSR count). The normalized spacial score (nSPS) is 26.7. The van der Waals surface area contributed by atoms with Gasteiger partial charge in [-0.15, -0.1) is 0 Å². The van der Waals surface area contributed by atoms with Gasteiger partial charge in [-0.25, -0.2) is 0 Å². The Labute approximate surface area is 146 Å². The number of hydrogen-bond donors (Lipinski definition) is 1. The Morgan fingerprint density at radius 3 is 3.00 bits per heavy atom. The highest BCUT2D eigenvalue weighted by atomic mass is 35.5. The van der Waals surface area contributed by atoms with Crippen LogP contribution in [0.25, 0.3) is 0 Å². The van der Waals surface area contributed by atoms with Gasteiger partial charge >= 0.3 is 0 Å². The van der Waals surface area contributed by atoms with Crippen molar-refractivity contribution in [1.82, 2.24) is 15.1 Å². The second kappa shape index (κ2) is 6.28. The average Bonchev–Trinajstić information content (AvgIpc) is 3.31. The summed E-state index contributed by atoms with van der Waals surface area (Å²) < 4.78 is 7.35. The van der Waals surface area contributed by atoms with Crippen LogP contribution in [0, 0.1) is 17.8 Å². The second-order valence-corrected chi connectivity index (χ2v) is 7.66. The topological polar surface area (TPSA) is 60.1 Å². The van der Waals surface area contributed by atoms with Crippen LogP contribution in [0.5, 0.6) is 0 Å². The quantitative estimate of drug-likeness (QED) is 0.896. The largest absolute Gasteiger partial charge is 0.454 e. The van der Waals surface area contributed by atoms with Gasteiger partial charge in [0.2, 0.25) is 0 Å². The molecule has 4 atom stereocenters. The number of aromatic nitrogens is 2. The molecule has 2 aromatic rings. The fraction of sp³-hybridized carbons (Fsp3) is 0.556. The van der Waals surface area contributed by atoms with Gasteiger partial charge in [0.15, 0.2) is 5.76 Å². The summed E-state index contributed by atoms with van der Waals surface area (Å²) in [6.45, 7) is 2.58. The van der Waals surface area contributed by atoms with Crippen molar-refractivity contribution >= 4 is 17.5 Å². The Bertz CT molecular complexity index is 738. The first kappa shape index (κ1) is 15.8. The Balaban J connectivity index is 1.36. The van der Waals surface area contributed by atoms with Crippen molar-refractivity contribution in [2.75, 3.05) is 0 Å². The maximum Gasteiger partial charge on any atom is 0.287 e. The maximum absolute atomic E-state index is 12.4. The number of nitrogens with one attached hydrogen (secondary N) is 1. The molecule has 0 aromatic carbocycles. The van der Waals surface area contributed by atoms with Crippen LogP contribution in [-0.4, -0.2) is 21.7 Å². The molecule has 0 saturated heterocycles. The van der Waals surface area contributed by atoms with Gasteiger partial charge in [-0.3, -0.25) is 9.48 Å². The number of amides is 1. The molecule has 1 amide bonds. The molecule has 0 radical (unpaired) electrons. The predicted octanol–water partition coefficient (Wildman–Crippen LogP) is 3.73. The minimum Gasteiger partial charge on any atom is -0.454 e. The van der Waals surface area contributed by atoms with E-state index in [2.05, 4.69) is 17.3 Å². The van der Waals surface area contributed by atoms with Crippen LogP contribution >= 0.6 is 11.6 Å². The number of carbonyl (C=O) groups excluding carboxylic acids is 1. The molecule has 2 aliphatic rings. The molecule has 128 valence electrons. The fourth-order valence-electron chi connectivity index (χ4n) is 4.46. The molecule has 5 nitrogen and oxygen atoms in total. The molecule has 2 saturated carbocycles. The first-order valence-electron chi connectivity index (χ1n) is 8.66. The van der Waals surface area contributed by atoms with Crippen LogP contribution in [0.4, 0.5) is 0 Å². The van der Waals surface area contributed by atoms with E-state index >= 15 is 0 Å². The van der Waals surface area contributed by atoms with E-state index in [0.717, 1.165) is 11.8 Å². The van der Waals surface area contributed by atoms with Gasteiger partial charge in [-0.05, 0) is 56.1 Å². The molecule has 1 N–H and O–H groups in total. The van der Waals surface area contributed by atoms with Gasteiger partial charge < -0.3 is 9.73 Å². The van der Waals surface area contributed by atoms with E-state index in [1.807, 2.05) is 6.07 Å². The zero-order valence-electron chi connectivity index (χ0n) is 13.7. The highest BCUT2D eigenvalue weighted by Gasteiger charge is 2.42. The van der Waals surface area contributed by atoms with E-state index in [1.54, 1.807) is 23.1 Å². The molecule has 2 heterocycles. The Kier molecular flexibility index (Phi) is 4.12. The van der Waals surface area contributed by atoms with Gasteiger partial charge in [0.1, 0.15) is 5.76 Å². The highest BCUT2D eigenvalue weighted by molar-refractivity contribution is 6.30. The van der Waals surface area contributed by atoms with Gasteiger partial charge in [0.05, 0.1) is 17.8 Å². The van der Waals surface area contributed by atoms with Crippen molar-refractivity contribution in [3.8, 4) is 0 Å². The third-order valence-electron chi connectivity index (χ3n) is 5.60. The lowest BCUT2D eigenvalue weighted by Crippen LogP contribution is -2.40. The fourth-order valence-corrected chi connectivity index (χ4v) is 4.62. The molecular weight excluding hydrogens is 326 g/mol. The molecule has 0 aliphatic heterocycles. The lowest BCUT2D eigenvalue weighted by Gasteiger charge is -2.28. The molecule has 24 heavy (non-hydrogen) atoms. The maximum atomic E-state index is 12.4. The summed E-state index contributed by atoms with van der Waals surface area (Å²) in [7, 11) is 0. The number of furan rings is 1. The van der Waals surface area contributed by atoms with Crippen molar-refractivity contribution in [2.45, 2.75) is 45.2 Å². The van der Waals surface area contributed by atoms with Crippen molar-refractivity contribution < 1.29 is 9.21 Å². The van der Waals surface area contributed by atoms with Crippen LogP contribution in [0.2, 0.25) is 5.02 Å². The SMILES string of the molecule is C[C@H](NC(=O)c1ccc(Cn2cc(Cl)cn2)o1)[C@@H]1C[C@@H]2CC[C@@H]1C2. The number of hydrogen-bond acceptors (Lipinski definition) is 3. The zero-order chi connectivity index (χ0) is 16.7. The summed E-state index contributed by atoms with van der Waals surface area (Å²) in [5, 5.41) is 7.82. The molecule has 0 unspecified atom stereocenters. The minimum absolute atomic E-state index is 0.130. The molecule has 0 spiro atoms. The number of carbonyl (C=O) groups is 1. The van der Waals surface area contributed by atoms with E-state index in [-0.39, 0.29) is 11.9 Å². The minimum atomic E-state index is -0.130. The zero-order valence-corrected chi connectivity index (χ0v) is 14.5. The van der Waals surface area contributed by atoms with Crippen molar-refractivity contribution in [3.05, 3.63) is 41.1 Å². The third kappa shape index (κ3) is 3.09. The van der Waals surface area contributed by atoms with Crippen LogP contribution < -0.4 is 5.32 Å². The van der Waals surface area contributed by atoms with Crippen molar-refractivity contribution in [1.29, 1.82) is 0 Å². The average molecular weight is 348 g/mol. The van der Waals surface area contributed by atoms with Crippen LogP contribution in [0.15, 0.2) is 28.9 Å². The van der Waals surface area contributed by atoms with Gasteiger partial charge in [0.25, 0.3) is 5.91 Å². The Hall–Kier alpha value is -1.75. The molecule has 2 aliphatic carbocycles. The number of rotatable bonds is 5. The van der Waals surface area contributed by atoms with Gasteiger partial charge in [-0.2, -0.15) is 5.10 Å². The van der Waals surface area contributed by atoms with E-state index in [1.165, 1.54) is 25.7 Å². The van der Waals surface area contributed by atoms with Crippen LogP contribution in [-0.2, 0) is 6.54 Å². The van der Waals surface area contributed by atoms with Crippen LogP contribution in [0.1, 0.15) is 48.9 Å². The smallest absolute Gasteiger partial charge is 0.287 e. The van der Waals surface area contributed by atoms with E-state index in [0.29, 0.717) is 29.0 Å². The molecule has 6 heteroatoms. The highest BCUT2D eigenvalue weighted by Crippen LogP contribution is 2.49. The third-order valence-corrected chi connectivity index (χ3v) is 5.79. The standard InChI is InChI=1S/C18H22ClN3O2/c1-11(16-7-12-2-3-13(16)6-12)21-18(23)17-5-4-15(24-17)10-22-9-14(19)8-20-22/h4-5,8-9,11-13,16H,2-3,6-7,10H2,1H3,(H,21,23)/t11-,12+,13+,16-/m0/s1. The van der Waals surface area contributed by atoms with Crippen LogP contribution in [0.3, 0.4) is 0 Å². The summed E-state index contributed by atoms with van der Waals surface area (Å²) in [6.07, 6.45) is 8.61. The molecule has 2 bridgehead atoms. The molecule has 2 aromatic heterocycles. The predicted molar refractivity (Wildman–Crippen MR) is 90.9 cm³/mol. The Morgan fingerprint density at radius 1 is 1.46 bits per heavy atom. The lowest BCUT2D eigenvalue weighted by molar-refractivity contribution is 0.0885. The van der Waals surface area contributed by atoms with E-state index in [9.17, 15) is 4.79 Å². The van der Waals surface area contributed by atoms with Crippen molar-refractivity contribution in [3.63, 3.8) is 0 Å². The van der Waals surface area contributed by atoms with Crippen molar-refractivity contribution in [2.24, 2.45) is 17.8 Å². The number of halogens is 1. The monoisotopic (exact) mass is 347 g/mol. The summed E-state index contributed by atoms with van der Waals surface area (Å²) >= 11 is 5.85. The number of fused-ring (bicyclic) bond motifs is 2. The van der Waals surface area contributed by atoms with E-state index < -0.39 is 0 Å². The molecule has 2 fully saturated rings. The summed E-state index contributed by atoms with van der Waals surface area (Å²) in [6, 6.07) is 3.74. The Morgan fingerprint density at radius 2 is 2.33 bits per heavy atom. The van der Waals surface area contributed by atoms with Gasteiger partial charge in [-0.1, -0.05) is 18.0 Å². The van der Waals surface area contributed by atoms with Gasteiger partial charge in [0, 0.05) is 12.2 Å². The molecular formula is C18H22ClN3O2. The van der Waals surface area contributed by atoms with E-state index in [4.69, 9.17) is 16.0 Å². The summed E-state index contributed by atoms with van der Waals surface area (Å²) in [4.78, 5) is 12.4. The second-order valence-electron chi connectivity index (χ2n) is 7.22. The summed E-state index contributed by atoms with van der Waals surface area (Å²) in [5.74, 6) is 3.21. The lowest BCUT2D eigenvalue weighted by atomic mass is 9.84. The number of nitrogens with zero attached hydrogens (tertiary/aromatic N) is 2.